The predicted octanol–water partition coefficient (Wildman–Crippen LogP) is 2.48. The van der Waals surface area contributed by atoms with Gasteiger partial charge < -0.3 is 15.5 Å². The summed E-state index contributed by atoms with van der Waals surface area (Å²) in [5.74, 6) is -0.0652. The van der Waals surface area contributed by atoms with Crippen LogP contribution in [0.2, 0.25) is 0 Å². The van der Waals surface area contributed by atoms with Crippen molar-refractivity contribution in [3.05, 3.63) is 24.3 Å². The fourth-order valence-electron chi connectivity index (χ4n) is 2.81. The molecule has 1 aromatic carbocycles. The molecule has 24 heavy (non-hydrogen) atoms. The molecule has 6 nitrogen and oxygen atoms in total. The van der Waals surface area contributed by atoms with Gasteiger partial charge in [0.25, 0.3) is 0 Å². The third-order valence-electron chi connectivity index (χ3n) is 4.14. The molecule has 2 N–H and O–H groups in total. The number of likely N-dealkylation sites (tertiary alicyclic amines) is 1. The molecule has 1 heterocycles. The molecule has 0 radical (unpaired) electrons. The Morgan fingerprint density at radius 1 is 1.00 bits per heavy atom. The van der Waals surface area contributed by atoms with E-state index in [9.17, 15) is 14.4 Å². The Balaban J connectivity index is 1.85. The Labute approximate surface area is 142 Å². The van der Waals surface area contributed by atoms with E-state index in [1.54, 1.807) is 24.3 Å². The van der Waals surface area contributed by atoms with E-state index in [1.807, 2.05) is 18.7 Å². The Morgan fingerprint density at radius 3 is 1.96 bits per heavy atom. The molecular weight excluding hydrogens is 306 g/mol. The molecule has 0 aromatic heterocycles. The highest BCUT2D eigenvalue weighted by molar-refractivity contribution is 5.93. The van der Waals surface area contributed by atoms with Gasteiger partial charge in [-0.1, -0.05) is 13.8 Å². The second kappa shape index (κ2) is 7.95. The fourth-order valence-corrected chi connectivity index (χ4v) is 2.81. The van der Waals surface area contributed by atoms with Gasteiger partial charge in [-0.3, -0.25) is 14.4 Å². The van der Waals surface area contributed by atoms with Crippen molar-refractivity contribution in [3.63, 3.8) is 0 Å². The van der Waals surface area contributed by atoms with Crippen molar-refractivity contribution in [2.75, 3.05) is 23.7 Å². The van der Waals surface area contributed by atoms with Crippen molar-refractivity contribution >= 4 is 29.1 Å². The standard InChI is InChI=1S/C18H25N3O3/c1-12(2)18(24)21-10-8-14(9-11-21)17(23)20-16-6-4-15(5-7-16)19-13(3)22/h4-7,12,14H,8-11H2,1-3H3,(H,19,22)(H,20,23). The first kappa shape index (κ1) is 18.0. The Bertz CT molecular complexity index is 602. The predicted molar refractivity (Wildman–Crippen MR) is 93.5 cm³/mol. The molecule has 0 aliphatic carbocycles. The number of carbonyl (C=O) groups is 3. The topological polar surface area (TPSA) is 78.5 Å². The van der Waals surface area contributed by atoms with E-state index in [0.29, 0.717) is 37.3 Å². The first-order valence-corrected chi connectivity index (χ1v) is 8.34. The summed E-state index contributed by atoms with van der Waals surface area (Å²) in [5, 5.41) is 5.59. The number of nitrogens with zero attached hydrogens (tertiary/aromatic N) is 1. The van der Waals surface area contributed by atoms with Crippen LogP contribution in [0.15, 0.2) is 24.3 Å². The van der Waals surface area contributed by atoms with Crippen LogP contribution in [-0.4, -0.2) is 35.7 Å². The molecule has 0 bridgehead atoms. The Morgan fingerprint density at radius 2 is 1.50 bits per heavy atom. The highest BCUT2D eigenvalue weighted by atomic mass is 16.2. The summed E-state index contributed by atoms with van der Waals surface area (Å²) in [6.45, 7) is 6.51. The Kier molecular flexibility index (Phi) is 5.95. The Hall–Kier alpha value is -2.37. The second-order valence-corrected chi connectivity index (χ2v) is 6.50. The smallest absolute Gasteiger partial charge is 0.227 e. The van der Waals surface area contributed by atoms with Crippen LogP contribution in [-0.2, 0) is 14.4 Å². The van der Waals surface area contributed by atoms with Crippen LogP contribution >= 0.6 is 0 Å². The number of nitrogens with one attached hydrogen (secondary N) is 2. The highest BCUT2D eigenvalue weighted by Crippen LogP contribution is 2.21. The summed E-state index contributed by atoms with van der Waals surface area (Å²) in [6, 6.07) is 7.03. The number of amides is 3. The van der Waals surface area contributed by atoms with Gasteiger partial charge >= 0.3 is 0 Å². The summed E-state index contributed by atoms with van der Waals surface area (Å²) < 4.78 is 0. The van der Waals surface area contributed by atoms with E-state index in [4.69, 9.17) is 0 Å². The van der Waals surface area contributed by atoms with Crippen molar-refractivity contribution in [3.8, 4) is 0 Å². The van der Waals surface area contributed by atoms with Crippen LogP contribution in [0.4, 0.5) is 11.4 Å². The lowest BCUT2D eigenvalue weighted by molar-refractivity contribution is -0.137. The average molecular weight is 331 g/mol. The van der Waals surface area contributed by atoms with E-state index in [2.05, 4.69) is 10.6 Å². The van der Waals surface area contributed by atoms with Crippen LogP contribution in [0.25, 0.3) is 0 Å². The number of piperidine rings is 1. The van der Waals surface area contributed by atoms with Gasteiger partial charge in [0.15, 0.2) is 0 Å². The summed E-state index contributed by atoms with van der Waals surface area (Å²) in [5.41, 5.74) is 1.40. The van der Waals surface area contributed by atoms with Crippen LogP contribution < -0.4 is 10.6 Å². The number of hydrogen-bond donors (Lipinski definition) is 2. The van der Waals surface area contributed by atoms with E-state index >= 15 is 0 Å². The maximum atomic E-state index is 12.4. The van der Waals surface area contributed by atoms with Crippen molar-refractivity contribution < 1.29 is 14.4 Å². The second-order valence-electron chi connectivity index (χ2n) is 6.50. The number of hydrogen-bond acceptors (Lipinski definition) is 3. The molecule has 1 saturated heterocycles. The van der Waals surface area contributed by atoms with Gasteiger partial charge in [-0.25, -0.2) is 0 Å². The molecule has 3 amide bonds. The summed E-state index contributed by atoms with van der Waals surface area (Å²) in [7, 11) is 0. The van der Waals surface area contributed by atoms with Crippen LogP contribution in [0, 0.1) is 11.8 Å². The van der Waals surface area contributed by atoms with Crippen molar-refractivity contribution in [1.82, 2.24) is 4.90 Å². The molecular formula is C18H25N3O3. The van der Waals surface area contributed by atoms with Crippen LogP contribution in [0.5, 0.6) is 0 Å². The SMILES string of the molecule is CC(=O)Nc1ccc(NC(=O)C2CCN(C(=O)C(C)C)CC2)cc1. The lowest BCUT2D eigenvalue weighted by Crippen LogP contribution is -2.43. The fraction of sp³-hybridized carbons (Fsp3) is 0.500. The quantitative estimate of drug-likeness (QED) is 0.889. The van der Waals surface area contributed by atoms with Gasteiger partial charge in [0, 0.05) is 43.2 Å². The zero-order valence-electron chi connectivity index (χ0n) is 14.5. The van der Waals surface area contributed by atoms with Gasteiger partial charge in [0.05, 0.1) is 0 Å². The number of carbonyl (C=O) groups excluding carboxylic acids is 3. The zero-order chi connectivity index (χ0) is 17.7. The number of rotatable bonds is 4. The zero-order valence-corrected chi connectivity index (χ0v) is 14.5. The van der Waals surface area contributed by atoms with Gasteiger partial charge in [0.1, 0.15) is 0 Å². The molecule has 1 aliphatic heterocycles. The third-order valence-corrected chi connectivity index (χ3v) is 4.14. The van der Waals surface area contributed by atoms with Crippen LogP contribution in [0.1, 0.15) is 33.6 Å². The highest BCUT2D eigenvalue weighted by Gasteiger charge is 2.28. The first-order valence-electron chi connectivity index (χ1n) is 8.34. The largest absolute Gasteiger partial charge is 0.342 e. The van der Waals surface area contributed by atoms with Gasteiger partial charge in [0.2, 0.25) is 17.7 Å². The minimum Gasteiger partial charge on any atom is -0.342 e. The number of anilines is 2. The molecule has 130 valence electrons. The maximum Gasteiger partial charge on any atom is 0.227 e. The molecule has 2 rings (SSSR count). The molecule has 0 spiro atoms. The normalized spacial score (nSPS) is 15.2. The van der Waals surface area contributed by atoms with Gasteiger partial charge in [-0.2, -0.15) is 0 Å². The summed E-state index contributed by atoms with van der Waals surface area (Å²) >= 11 is 0. The lowest BCUT2D eigenvalue weighted by Gasteiger charge is -2.32. The first-order chi connectivity index (χ1) is 11.4. The van der Waals surface area contributed by atoms with E-state index in [-0.39, 0.29) is 29.6 Å². The molecule has 1 aromatic rings. The van der Waals surface area contributed by atoms with Crippen molar-refractivity contribution in [1.29, 1.82) is 0 Å². The van der Waals surface area contributed by atoms with E-state index in [1.165, 1.54) is 6.92 Å². The van der Waals surface area contributed by atoms with E-state index < -0.39 is 0 Å². The van der Waals surface area contributed by atoms with Gasteiger partial charge in [-0.05, 0) is 37.1 Å². The molecule has 0 saturated carbocycles. The minimum atomic E-state index is -0.130. The monoisotopic (exact) mass is 331 g/mol. The molecule has 0 atom stereocenters. The third kappa shape index (κ3) is 4.81. The summed E-state index contributed by atoms with van der Waals surface area (Å²) in [6.07, 6.45) is 1.38. The minimum absolute atomic E-state index is 0.00231. The maximum absolute atomic E-state index is 12.4. The molecule has 0 unspecified atom stereocenters. The lowest BCUT2D eigenvalue weighted by atomic mass is 9.95. The molecule has 6 heteroatoms. The van der Waals surface area contributed by atoms with Crippen molar-refractivity contribution in [2.24, 2.45) is 11.8 Å². The van der Waals surface area contributed by atoms with Gasteiger partial charge in [-0.15, -0.1) is 0 Å². The van der Waals surface area contributed by atoms with E-state index in [0.717, 1.165) is 0 Å². The van der Waals surface area contributed by atoms with Crippen molar-refractivity contribution in [2.45, 2.75) is 33.6 Å². The number of benzene rings is 1. The molecule has 1 fully saturated rings. The summed E-state index contributed by atoms with van der Waals surface area (Å²) in [4.78, 5) is 37.2. The average Bonchev–Trinajstić information content (AvgIpc) is 2.55. The molecule has 1 aliphatic rings. The van der Waals surface area contributed by atoms with Crippen LogP contribution in [0.3, 0.4) is 0 Å².